The Kier molecular flexibility index (Phi) is 4.63. The van der Waals surface area contributed by atoms with Crippen LogP contribution in [0.3, 0.4) is 0 Å². The lowest BCUT2D eigenvalue weighted by Gasteiger charge is -2.33. The van der Waals surface area contributed by atoms with Crippen molar-refractivity contribution < 1.29 is 4.79 Å². The molecule has 4 nitrogen and oxygen atoms in total. The van der Waals surface area contributed by atoms with Crippen molar-refractivity contribution >= 4 is 5.91 Å². The van der Waals surface area contributed by atoms with E-state index in [1.165, 1.54) is 32.1 Å². The van der Waals surface area contributed by atoms with Crippen LogP contribution in [0.1, 0.15) is 61.5 Å². The predicted octanol–water partition coefficient (Wildman–Crippen LogP) is 2.80. The van der Waals surface area contributed by atoms with E-state index in [9.17, 15) is 4.79 Å². The van der Waals surface area contributed by atoms with Gasteiger partial charge in [-0.25, -0.2) is 0 Å². The van der Waals surface area contributed by atoms with Crippen molar-refractivity contribution in [3.05, 3.63) is 24.0 Å². The highest BCUT2D eigenvalue weighted by atomic mass is 16.2. The first kappa shape index (κ1) is 14.6. The third-order valence-corrected chi connectivity index (χ3v) is 5.10. The number of nitrogens with zero attached hydrogens (tertiary/aromatic N) is 2. The minimum Gasteiger partial charge on any atom is -0.340 e. The largest absolute Gasteiger partial charge is 0.340 e. The number of amides is 1. The first-order valence-electron chi connectivity index (χ1n) is 8.46. The quantitative estimate of drug-likeness (QED) is 0.926. The molecule has 2 N–H and O–H groups in total. The summed E-state index contributed by atoms with van der Waals surface area (Å²) < 4.78 is 2.22. The third-order valence-electron chi connectivity index (χ3n) is 5.10. The maximum absolute atomic E-state index is 12.9. The summed E-state index contributed by atoms with van der Waals surface area (Å²) in [4.78, 5) is 14.9. The zero-order chi connectivity index (χ0) is 14.7. The van der Waals surface area contributed by atoms with Gasteiger partial charge in [0.25, 0.3) is 5.91 Å². The van der Waals surface area contributed by atoms with Crippen LogP contribution in [0.2, 0.25) is 0 Å². The molecule has 0 aromatic carbocycles. The molecule has 1 saturated heterocycles. The molecule has 2 heterocycles. The van der Waals surface area contributed by atoms with Crippen molar-refractivity contribution in [1.29, 1.82) is 0 Å². The number of likely N-dealkylation sites (tertiary alicyclic amines) is 1. The molecule has 0 spiro atoms. The van der Waals surface area contributed by atoms with Crippen molar-refractivity contribution in [2.24, 2.45) is 11.7 Å². The summed E-state index contributed by atoms with van der Waals surface area (Å²) in [5, 5.41) is 0. The van der Waals surface area contributed by atoms with Gasteiger partial charge >= 0.3 is 0 Å². The van der Waals surface area contributed by atoms with Crippen LogP contribution in [-0.2, 0) is 0 Å². The van der Waals surface area contributed by atoms with Gasteiger partial charge in [0, 0.05) is 25.3 Å². The molecule has 1 aromatic heterocycles. The van der Waals surface area contributed by atoms with Gasteiger partial charge in [0.05, 0.1) is 0 Å². The molecule has 1 aliphatic carbocycles. The van der Waals surface area contributed by atoms with Crippen molar-refractivity contribution in [3.63, 3.8) is 0 Å². The van der Waals surface area contributed by atoms with Crippen LogP contribution < -0.4 is 5.73 Å². The van der Waals surface area contributed by atoms with Crippen LogP contribution in [0.4, 0.5) is 0 Å². The van der Waals surface area contributed by atoms with Gasteiger partial charge in [-0.1, -0.05) is 12.8 Å². The Morgan fingerprint density at radius 2 is 2.05 bits per heavy atom. The molecule has 1 saturated carbocycles. The van der Waals surface area contributed by atoms with E-state index in [0.717, 1.165) is 38.2 Å². The summed E-state index contributed by atoms with van der Waals surface area (Å²) in [7, 11) is 0. The highest BCUT2D eigenvalue weighted by Gasteiger charge is 2.27. The molecule has 21 heavy (non-hydrogen) atoms. The van der Waals surface area contributed by atoms with Gasteiger partial charge in [-0.15, -0.1) is 0 Å². The van der Waals surface area contributed by atoms with Crippen LogP contribution in [0.25, 0.3) is 0 Å². The number of nitrogens with two attached hydrogens (primary N) is 1. The molecule has 4 heteroatoms. The predicted molar refractivity (Wildman–Crippen MR) is 84.2 cm³/mol. The number of aromatic nitrogens is 1. The molecule has 1 amide bonds. The molecule has 2 aliphatic rings. The standard InChI is InChI=1S/C17H27N3O/c18-10-9-14-5-3-11-19(13-14)17(21)16-8-4-12-20(16)15-6-1-2-7-15/h4,8,12,14-15H,1-3,5-7,9-11,13,18H2. The first-order valence-corrected chi connectivity index (χ1v) is 8.46. The molecule has 1 aliphatic heterocycles. The highest BCUT2D eigenvalue weighted by Crippen LogP contribution is 2.31. The van der Waals surface area contributed by atoms with Gasteiger partial charge in [0.2, 0.25) is 0 Å². The molecular formula is C17H27N3O. The van der Waals surface area contributed by atoms with Gasteiger partial charge in [-0.05, 0) is 56.7 Å². The Bertz CT molecular complexity index is 474. The Balaban J connectivity index is 1.71. The summed E-state index contributed by atoms with van der Waals surface area (Å²) in [6, 6.07) is 4.55. The summed E-state index contributed by atoms with van der Waals surface area (Å²) in [6.45, 7) is 2.51. The van der Waals surface area contributed by atoms with Crippen LogP contribution in [0, 0.1) is 5.92 Å². The zero-order valence-electron chi connectivity index (χ0n) is 12.8. The van der Waals surface area contributed by atoms with E-state index >= 15 is 0 Å². The lowest BCUT2D eigenvalue weighted by molar-refractivity contribution is 0.0656. The average Bonchev–Trinajstić information content (AvgIpc) is 3.18. The molecular weight excluding hydrogens is 262 g/mol. The lowest BCUT2D eigenvalue weighted by Crippen LogP contribution is -2.41. The third kappa shape index (κ3) is 3.15. The van der Waals surface area contributed by atoms with Crippen LogP contribution >= 0.6 is 0 Å². The molecule has 1 atom stereocenters. The van der Waals surface area contributed by atoms with Crippen LogP contribution in [0.15, 0.2) is 18.3 Å². The second-order valence-electron chi connectivity index (χ2n) is 6.58. The highest BCUT2D eigenvalue weighted by molar-refractivity contribution is 5.93. The van der Waals surface area contributed by atoms with Crippen molar-refractivity contribution in [3.8, 4) is 0 Å². The molecule has 0 radical (unpaired) electrons. The summed E-state index contributed by atoms with van der Waals surface area (Å²) in [5.41, 5.74) is 6.56. The normalized spacial score (nSPS) is 23.7. The molecule has 1 unspecified atom stereocenters. The van der Waals surface area contributed by atoms with E-state index in [1.807, 2.05) is 17.0 Å². The number of piperidine rings is 1. The Hall–Kier alpha value is -1.29. The average molecular weight is 289 g/mol. The van der Waals surface area contributed by atoms with Gasteiger partial charge in [0.1, 0.15) is 5.69 Å². The second kappa shape index (κ2) is 6.65. The van der Waals surface area contributed by atoms with Crippen molar-refractivity contribution in [2.75, 3.05) is 19.6 Å². The fourth-order valence-corrected chi connectivity index (χ4v) is 3.96. The lowest BCUT2D eigenvalue weighted by atomic mass is 9.94. The number of hydrogen-bond acceptors (Lipinski definition) is 2. The topological polar surface area (TPSA) is 51.3 Å². The first-order chi connectivity index (χ1) is 10.3. The van der Waals surface area contributed by atoms with Gasteiger partial charge in [0.15, 0.2) is 0 Å². The number of carbonyl (C=O) groups excluding carboxylic acids is 1. The van der Waals surface area contributed by atoms with Crippen molar-refractivity contribution in [1.82, 2.24) is 9.47 Å². The molecule has 0 bridgehead atoms. The zero-order valence-corrected chi connectivity index (χ0v) is 12.8. The fourth-order valence-electron chi connectivity index (χ4n) is 3.96. The summed E-state index contributed by atoms with van der Waals surface area (Å²) >= 11 is 0. The smallest absolute Gasteiger partial charge is 0.270 e. The Labute approximate surface area is 127 Å². The molecule has 3 rings (SSSR count). The Morgan fingerprint density at radius 1 is 1.24 bits per heavy atom. The van der Waals surface area contributed by atoms with E-state index in [0.29, 0.717) is 12.0 Å². The maximum atomic E-state index is 12.9. The maximum Gasteiger partial charge on any atom is 0.270 e. The minimum absolute atomic E-state index is 0.216. The SMILES string of the molecule is NCCC1CCCN(C(=O)c2cccn2C2CCCC2)C1. The van der Waals surface area contributed by atoms with E-state index in [4.69, 9.17) is 5.73 Å². The summed E-state index contributed by atoms with van der Waals surface area (Å²) in [6.07, 6.45) is 10.5. The number of rotatable bonds is 4. The molecule has 116 valence electrons. The van der Waals surface area contributed by atoms with Gasteiger partial charge in [-0.2, -0.15) is 0 Å². The van der Waals surface area contributed by atoms with Crippen molar-refractivity contribution in [2.45, 2.75) is 51.0 Å². The minimum atomic E-state index is 0.216. The van der Waals surface area contributed by atoms with E-state index in [1.54, 1.807) is 0 Å². The van der Waals surface area contributed by atoms with Gasteiger partial charge < -0.3 is 15.2 Å². The second-order valence-corrected chi connectivity index (χ2v) is 6.58. The number of hydrogen-bond donors (Lipinski definition) is 1. The fraction of sp³-hybridized carbons (Fsp3) is 0.706. The molecule has 1 aromatic rings. The van der Waals surface area contributed by atoms with E-state index < -0.39 is 0 Å². The van der Waals surface area contributed by atoms with Gasteiger partial charge in [-0.3, -0.25) is 4.79 Å². The van der Waals surface area contributed by atoms with Crippen LogP contribution in [-0.4, -0.2) is 35.0 Å². The van der Waals surface area contributed by atoms with E-state index in [2.05, 4.69) is 10.8 Å². The number of carbonyl (C=O) groups is 1. The van der Waals surface area contributed by atoms with E-state index in [-0.39, 0.29) is 5.91 Å². The summed E-state index contributed by atoms with van der Waals surface area (Å²) in [5.74, 6) is 0.802. The Morgan fingerprint density at radius 3 is 2.81 bits per heavy atom. The molecule has 2 fully saturated rings. The van der Waals surface area contributed by atoms with Crippen LogP contribution in [0.5, 0.6) is 0 Å². The monoisotopic (exact) mass is 289 g/mol.